The minimum absolute atomic E-state index is 0. The summed E-state index contributed by atoms with van der Waals surface area (Å²) >= 11 is 7.73. The predicted octanol–water partition coefficient (Wildman–Crippen LogP) is 8.03. The molecule has 1 aliphatic rings. The maximum Gasteiger partial charge on any atom is 0.207 e. The van der Waals surface area contributed by atoms with Crippen molar-refractivity contribution >= 4 is 50.8 Å². The fourth-order valence-corrected chi connectivity index (χ4v) is 5.28. The van der Waals surface area contributed by atoms with Gasteiger partial charge in [0.2, 0.25) is 5.13 Å². The number of hydrazone groups is 1. The average Bonchev–Trinajstić information content (AvgIpc) is 3.53. The third-order valence-corrected chi connectivity index (χ3v) is 7.32. The highest BCUT2D eigenvalue weighted by Crippen LogP contribution is 2.42. The number of nitrogens with zero attached hydrogens (tertiary/aromatic N) is 3. The molecule has 0 radical (unpaired) electrons. The van der Waals surface area contributed by atoms with Crippen LogP contribution in [0, 0.1) is 13.8 Å². The Labute approximate surface area is 231 Å². The number of hydrogen-bond acceptors (Lipinski definition) is 6. The van der Waals surface area contributed by atoms with Crippen LogP contribution < -0.4 is 14.5 Å². The molecule has 0 amide bonds. The summed E-state index contributed by atoms with van der Waals surface area (Å²) in [6, 6.07) is 20.3. The van der Waals surface area contributed by atoms with Crippen LogP contribution in [0.5, 0.6) is 11.5 Å². The Morgan fingerprint density at radius 1 is 0.944 bits per heavy atom. The van der Waals surface area contributed by atoms with Gasteiger partial charge in [-0.25, -0.2) is 9.99 Å². The van der Waals surface area contributed by atoms with E-state index in [9.17, 15) is 0 Å². The number of ether oxygens (including phenoxy) is 2. The molecule has 8 heteroatoms. The van der Waals surface area contributed by atoms with Gasteiger partial charge in [0.05, 0.1) is 31.7 Å². The quantitative estimate of drug-likeness (QED) is 0.230. The van der Waals surface area contributed by atoms with Gasteiger partial charge in [0.1, 0.15) is 0 Å². The molecule has 2 heterocycles. The molecule has 36 heavy (non-hydrogen) atoms. The number of rotatable bonds is 6. The summed E-state index contributed by atoms with van der Waals surface area (Å²) in [5.74, 6) is 1.39. The molecule has 0 bridgehead atoms. The first-order valence-corrected chi connectivity index (χ1v) is 12.6. The first-order valence-electron chi connectivity index (χ1n) is 11.3. The van der Waals surface area contributed by atoms with E-state index in [1.54, 1.807) is 25.6 Å². The van der Waals surface area contributed by atoms with Gasteiger partial charge in [-0.3, -0.25) is 0 Å². The fourth-order valence-electron chi connectivity index (χ4n) is 4.33. The molecule has 5 nitrogen and oxygen atoms in total. The number of anilines is 1. The Morgan fingerprint density at radius 2 is 1.69 bits per heavy atom. The standard InChI is InChI=1S/C28H26ClN3O2S.BrH/c1-17-5-6-18(2)22(13-17)24-16-35-28(30-24)32-25(20-9-12-26(33-3)27(14-20)34-4)15-23(31-32)19-7-10-21(29)11-8-19;/h5-14,16,25H,15H2,1-4H3;1H. The molecular formula is C28H27BrClN3O2S. The van der Waals surface area contributed by atoms with Crippen molar-refractivity contribution in [3.63, 3.8) is 0 Å². The van der Waals surface area contributed by atoms with Crippen LogP contribution in [0.3, 0.4) is 0 Å². The van der Waals surface area contributed by atoms with Gasteiger partial charge < -0.3 is 9.47 Å². The predicted molar refractivity (Wildman–Crippen MR) is 155 cm³/mol. The Hall–Kier alpha value is -2.87. The molecule has 0 spiro atoms. The second-order valence-electron chi connectivity index (χ2n) is 8.57. The van der Waals surface area contributed by atoms with Gasteiger partial charge in [0, 0.05) is 22.4 Å². The van der Waals surface area contributed by atoms with E-state index in [0.717, 1.165) is 39.6 Å². The lowest BCUT2D eigenvalue weighted by molar-refractivity contribution is 0.354. The van der Waals surface area contributed by atoms with Gasteiger partial charge >= 0.3 is 0 Å². The van der Waals surface area contributed by atoms with Crippen LogP contribution >= 0.6 is 39.9 Å². The highest BCUT2D eigenvalue weighted by Gasteiger charge is 2.32. The van der Waals surface area contributed by atoms with Gasteiger partial charge in [0.25, 0.3) is 0 Å². The molecule has 0 saturated heterocycles. The summed E-state index contributed by atoms with van der Waals surface area (Å²) < 4.78 is 11.0. The van der Waals surface area contributed by atoms with Crippen LogP contribution in [0.25, 0.3) is 11.3 Å². The van der Waals surface area contributed by atoms with Gasteiger partial charge in [-0.05, 0) is 60.9 Å². The van der Waals surface area contributed by atoms with Crippen molar-refractivity contribution in [2.24, 2.45) is 5.10 Å². The monoisotopic (exact) mass is 583 g/mol. The van der Waals surface area contributed by atoms with Crippen LogP contribution in [0.4, 0.5) is 5.13 Å². The van der Waals surface area contributed by atoms with Crippen LogP contribution in [0.2, 0.25) is 5.02 Å². The van der Waals surface area contributed by atoms with E-state index in [0.29, 0.717) is 16.5 Å². The van der Waals surface area contributed by atoms with Gasteiger partial charge in [0.15, 0.2) is 11.5 Å². The van der Waals surface area contributed by atoms with Crippen LogP contribution in [0.15, 0.2) is 71.1 Å². The SMILES string of the molecule is Br.COc1ccc(C2CC(c3ccc(Cl)cc3)=NN2c2nc(-c3cc(C)ccc3C)cs2)cc1OC. The Bertz CT molecular complexity index is 1400. The van der Waals surface area contributed by atoms with Crippen molar-refractivity contribution < 1.29 is 9.47 Å². The Kier molecular flexibility index (Phi) is 8.03. The number of aromatic nitrogens is 1. The molecule has 3 aromatic carbocycles. The van der Waals surface area contributed by atoms with Crippen LogP contribution in [-0.2, 0) is 0 Å². The lowest BCUT2D eigenvalue weighted by Gasteiger charge is -2.22. The summed E-state index contributed by atoms with van der Waals surface area (Å²) in [6.07, 6.45) is 0.732. The zero-order valence-corrected chi connectivity index (χ0v) is 23.8. The maximum atomic E-state index is 6.13. The van der Waals surface area contributed by atoms with Crippen molar-refractivity contribution in [1.29, 1.82) is 0 Å². The molecule has 1 aliphatic heterocycles. The molecule has 5 rings (SSSR count). The smallest absolute Gasteiger partial charge is 0.207 e. The topological polar surface area (TPSA) is 47.0 Å². The minimum atomic E-state index is -0.0295. The van der Waals surface area contributed by atoms with Crippen LogP contribution in [0.1, 0.15) is 34.7 Å². The van der Waals surface area contributed by atoms with Crippen LogP contribution in [-0.4, -0.2) is 24.9 Å². The van der Waals surface area contributed by atoms with E-state index in [2.05, 4.69) is 43.5 Å². The molecule has 0 N–H and O–H groups in total. The number of methoxy groups -OCH3 is 2. The molecule has 0 saturated carbocycles. The molecule has 186 valence electrons. The van der Waals surface area contributed by atoms with Gasteiger partial charge in [-0.15, -0.1) is 28.3 Å². The molecular weight excluding hydrogens is 558 g/mol. The molecule has 1 unspecified atom stereocenters. The third-order valence-electron chi connectivity index (χ3n) is 6.24. The summed E-state index contributed by atoms with van der Waals surface area (Å²) in [4.78, 5) is 5.02. The first kappa shape index (κ1) is 26.2. The van der Waals surface area contributed by atoms with E-state index in [-0.39, 0.29) is 23.0 Å². The van der Waals surface area contributed by atoms with Crippen molar-refractivity contribution in [2.45, 2.75) is 26.3 Å². The first-order chi connectivity index (χ1) is 17.0. The summed E-state index contributed by atoms with van der Waals surface area (Å²) in [5.41, 5.74) is 7.66. The summed E-state index contributed by atoms with van der Waals surface area (Å²) in [5, 5.41) is 10.7. The second kappa shape index (κ2) is 11.0. The lowest BCUT2D eigenvalue weighted by Crippen LogP contribution is -2.18. The second-order valence-corrected chi connectivity index (χ2v) is 9.84. The number of benzene rings is 3. The number of aryl methyl sites for hydroxylation is 2. The highest BCUT2D eigenvalue weighted by molar-refractivity contribution is 8.93. The molecule has 0 aliphatic carbocycles. The van der Waals surface area contributed by atoms with E-state index < -0.39 is 0 Å². The highest BCUT2D eigenvalue weighted by atomic mass is 79.9. The summed E-state index contributed by atoms with van der Waals surface area (Å²) in [6.45, 7) is 4.22. The van der Waals surface area contributed by atoms with Gasteiger partial charge in [-0.2, -0.15) is 5.10 Å². The van der Waals surface area contributed by atoms with E-state index >= 15 is 0 Å². The normalized spacial score (nSPS) is 14.9. The largest absolute Gasteiger partial charge is 0.493 e. The zero-order chi connectivity index (χ0) is 24.5. The molecule has 4 aromatic rings. The van der Waals surface area contributed by atoms with Gasteiger partial charge in [-0.1, -0.05) is 47.5 Å². The zero-order valence-electron chi connectivity index (χ0n) is 20.5. The lowest BCUT2D eigenvalue weighted by atomic mass is 9.98. The van der Waals surface area contributed by atoms with E-state index in [1.807, 2.05) is 41.4 Å². The van der Waals surface area contributed by atoms with Crippen molar-refractivity contribution in [3.8, 4) is 22.8 Å². The Morgan fingerprint density at radius 3 is 2.42 bits per heavy atom. The number of thiazole rings is 1. The summed E-state index contributed by atoms with van der Waals surface area (Å²) in [7, 11) is 3.30. The third kappa shape index (κ3) is 5.14. The average molecular weight is 585 g/mol. The van der Waals surface area contributed by atoms with Crippen molar-refractivity contribution in [1.82, 2.24) is 4.98 Å². The Balaban J connectivity index is 0.00000304. The van der Waals surface area contributed by atoms with E-state index in [4.69, 9.17) is 31.2 Å². The fraction of sp³-hybridized carbons (Fsp3) is 0.214. The number of halogens is 2. The molecule has 1 atom stereocenters. The van der Waals surface area contributed by atoms with Crippen molar-refractivity contribution in [3.05, 3.63) is 93.3 Å². The maximum absolute atomic E-state index is 6.13. The molecule has 1 aromatic heterocycles. The number of hydrogen-bond donors (Lipinski definition) is 0. The minimum Gasteiger partial charge on any atom is -0.493 e. The van der Waals surface area contributed by atoms with Crippen molar-refractivity contribution in [2.75, 3.05) is 19.2 Å². The molecule has 0 fully saturated rings. The van der Waals surface area contributed by atoms with E-state index in [1.165, 1.54) is 11.1 Å².